The molecular formula is C29H33ClN2O. The fourth-order valence-corrected chi connectivity index (χ4v) is 4.44. The molecule has 1 heterocycles. The van der Waals surface area contributed by atoms with Gasteiger partial charge >= 0.3 is 0 Å². The van der Waals surface area contributed by atoms with Gasteiger partial charge in [0.05, 0.1) is 17.6 Å². The van der Waals surface area contributed by atoms with Gasteiger partial charge in [-0.3, -0.25) is 0 Å². The van der Waals surface area contributed by atoms with Crippen LogP contribution in [0.1, 0.15) is 56.5 Å². The zero-order valence-corrected chi connectivity index (χ0v) is 20.6. The lowest BCUT2D eigenvalue weighted by molar-refractivity contribution is 0.303. The Balaban J connectivity index is 1.45. The molecule has 3 aromatic carbocycles. The highest BCUT2D eigenvalue weighted by atomic mass is 35.5. The number of imidazole rings is 1. The van der Waals surface area contributed by atoms with Crippen LogP contribution in [-0.4, -0.2) is 16.2 Å². The lowest BCUT2D eigenvalue weighted by atomic mass is 9.96. The summed E-state index contributed by atoms with van der Waals surface area (Å²) in [5.74, 6) is 2.89. The van der Waals surface area contributed by atoms with Crippen LogP contribution in [0.3, 0.4) is 0 Å². The number of hydrogen-bond donors (Lipinski definition) is 0. The minimum absolute atomic E-state index is 0.232. The number of unbranched alkanes of at least 4 members (excludes halogenated alkanes) is 1. The molecule has 172 valence electrons. The van der Waals surface area contributed by atoms with E-state index in [4.69, 9.17) is 21.3 Å². The Morgan fingerprint density at radius 2 is 1.61 bits per heavy atom. The largest absolute Gasteiger partial charge is 0.494 e. The first-order valence-corrected chi connectivity index (χ1v) is 12.3. The van der Waals surface area contributed by atoms with Crippen LogP contribution in [0.4, 0.5) is 0 Å². The Morgan fingerprint density at radius 1 is 0.879 bits per heavy atom. The van der Waals surface area contributed by atoms with Crippen molar-refractivity contribution in [3.05, 3.63) is 94.8 Å². The minimum atomic E-state index is 0.232. The van der Waals surface area contributed by atoms with Crippen molar-refractivity contribution >= 4 is 22.6 Å². The van der Waals surface area contributed by atoms with E-state index in [2.05, 4.69) is 73.9 Å². The Bertz CT molecular complexity index is 1160. The zero-order chi connectivity index (χ0) is 23.2. The van der Waals surface area contributed by atoms with Crippen molar-refractivity contribution in [3.63, 3.8) is 0 Å². The molecule has 0 N–H and O–H groups in total. The number of benzene rings is 3. The first-order valence-electron chi connectivity index (χ1n) is 11.9. The number of ether oxygens (including phenoxy) is 1. The van der Waals surface area contributed by atoms with Gasteiger partial charge in [-0.05, 0) is 72.7 Å². The normalized spacial score (nSPS) is 12.4. The molecule has 3 nitrogen and oxygen atoms in total. The number of aryl methyl sites for hydroxylation is 1. The topological polar surface area (TPSA) is 27.1 Å². The highest BCUT2D eigenvalue weighted by Crippen LogP contribution is 2.28. The predicted octanol–water partition coefficient (Wildman–Crippen LogP) is 7.90. The second-order valence-corrected chi connectivity index (χ2v) is 9.62. The lowest BCUT2D eigenvalue weighted by Gasteiger charge is -2.16. The smallest absolute Gasteiger partial charge is 0.119 e. The molecule has 0 radical (unpaired) electrons. The molecule has 0 amide bonds. The predicted molar refractivity (Wildman–Crippen MR) is 138 cm³/mol. The fourth-order valence-electron chi connectivity index (χ4n) is 4.32. The van der Waals surface area contributed by atoms with E-state index < -0.39 is 0 Å². The maximum Gasteiger partial charge on any atom is 0.119 e. The minimum Gasteiger partial charge on any atom is -0.494 e. The van der Waals surface area contributed by atoms with Crippen LogP contribution in [0.2, 0.25) is 5.02 Å². The molecule has 33 heavy (non-hydrogen) atoms. The van der Waals surface area contributed by atoms with Crippen molar-refractivity contribution in [3.8, 4) is 5.75 Å². The van der Waals surface area contributed by atoms with E-state index in [0.29, 0.717) is 12.5 Å². The van der Waals surface area contributed by atoms with Crippen LogP contribution in [0, 0.1) is 5.92 Å². The first kappa shape index (κ1) is 23.4. The van der Waals surface area contributed by atoms with Crippen LogP contribution >= 0.6 is 11.6 Å². The third-order valence-electron chi connectivity index (χ3n) is 6.05. The van der Waals surface area contributed by atoms with E-state index in [1.54, 1.807) is 0 Å². The second-order valence-electron chi connectivity index (χ2n) is 9.18. The fraction of sp³-hybridized carbons (Fsp3) is 0.345. The first-order chi connectivity index (χ1) is 16.0. The number of aromatic nitrogens is 2. The second kappa shape index (κ2) is 10.9. The summed E-state index contributed by atoms with van der Waals surface area (Å²) in [4.78, 5) is 5.03. The van der Waals surface area contributed by atoms with Crippen molar-refractivity contribution in [1.82, 2.24) is 9.55 Å². The van der Waals surface area contributed by atoms with Crippen LogP contribution in [0.25, 0.3) is 11.0 Å². The Hall–Kier alpha value is -2.78. The molecule has 0 bridgehead atoms. The highest BCUT2D eigenvalue weighted by Gasteiger charge is 2.18. The summed E-state index contributed by atoms with van der Waals surface area (Å²) in [6.45, 7) is 8.41. The van der Waals surface area contributed by atoms with Crippen LogP contribution in [0.5, 0.6) is 5.75 Å². The molecule has 0 saturated carbocycles. The molecule has 0 spiro atoms. The lowest BCUT2D eigenvalue weighted by Crippen LogP contribution is -2.10. The SMILES string of the molecule is CC(C)Cc1ccc(C(C)c2nc3ccccc3n2CCCCOc2ccc(Cl)cc2)cc1. The van der Waals surface area contributed by atoms with Gasteiger partial charge in [0.15, 0.2) is 0 Å². The van der Waals surface area contributed by atoms with Crippen molar-refractivity contribution < 1.29 is 4.74 Å². The molecule has 1 unspecified atom stereocenters. The average molecular weight is 461 g/mol. The molecule has 0 aliphatic rings. The Labute approximate surface area is 202 Å². The van der Waals surface area contributed by atoms with Crippen molar-refractivity contribution in [2.45, 2.75) is 52.5 Å². The molecular weight excluding hydrogens is 428 g/mol. The summed E-state index contributed by atoms with van der Waals surface area (Å²) < 4.78 is 8.26. The quantitative estimate of drug-likeness (QED) is 0.225. The van der Waals surface area contributed by atoms with E-state index in [1.807, 2.05) is 24.3 Å². The third-order valence-corrected chi connectivity index (χ3v) is 6.31. The van der Waals surface area contributed by atoms with E-state index in [1.165, 1.54) is 16.6 Å². The van der Waals surface area contributed by atoms with Gasteiger partial charge in [0.25, 0.3) is 0 Å². The summed E-state index contributed by atoms with van der Waals surface area (Å²) in [5, 5.41) is 0.727. The van der Waals surface area contributed by atoms with E-state index in [0.717, 1.165) is 47.9 Å². The number of hydrogen-bond acceptors (Lipinski definition) is 2. The number of nitrogens with zero attached hydrogens (tertiary/aromatic N) is 2. The monoisotopic (exact) mass is 460 g/mol. The van der Waals surface area contributed by atoms with Crippen LogP contribution < -0.4 is 4.74 Å². The molecule has 4 rings (SSSR count). The third kappa shape index (κ3) is 5.97. The number of para-hydroxylation sites is 2. The summed E-state index contributed by atoms with van der Waals surface area (Å²) in [6, 6.07) is 25.1. The molecule has 0 aliphatic carbocycles. The summed E-state index contributed by atoms with van der Waals surface area (Å²) in [7, 11) is 0. The summed E-state index contributed by atoms with van der Waals surface area (Å²) in [5.41, 5.74) is 4.97. The van der Waals surface area contributed by atoms with Crippen LogP contribution in [-0.2, 0) is 13.0 Å². The van der Waals surface area contributed by atoms with Gasteiger partial charge in [-0.25, -0.2) is 4.98 Å². The van der Waals surface area contributed by atoms with Gasteiger partial charge in [0, 0.05) is 17.5 Å². The van der Waals surface area contributed by atoms with Gasteiger partial charge in [-0.1, -0.05) is 68.8 Å². The van der Waals surface area contributed by atoms with Gasteiger partial charge in [0.2, 0.25) is 0 Å². The summed E-state index contributed by atoms with van der Waals surface area (Å²) in [6.07, 6.45) is 3.12. The zero-order valence-electron chi connectivity index (χ0n) is 19.8. The Morgan fingerprint density at radius 3 is 2.33 bits per heavy atom. The van der Waals surface area contributed by atoms with E-state index in [-0.39, 0.29) is 5.92 Å². The summed E-state index contributed by atoms with van der Waals surface area (Å²) >= 11 is 5.95. The maximum absolute atomic E-state index is 5.95. The van der Waals surface area contributed by atoms with Gasteiger partial charge < -0.3 is 9.30 Å². The maximum atomic E-state index is 5.95. The molecule has 1 aromatic heterocycles. The molecule has 0 aliphatic heterocycles. The molecule has 4 heteroatoms. The van der Waals surface area contributed by atoms with Crippen molar-refractivity contribution in [2.24, 2.45) is 5.92 Å². The molecule has 4 aromatic rings. The number of fused-ring (bicyclic) bond motifs is 1. The van der Waals surface area contributed by atoms with Crippen LogP contribution in [0.15, 0.2) is 72.8 Å². The molecule has 1 atom stereocenters. The molecule has 0 saturated heterocycles. The van der Waals surface area contributed by atoms with Gasteiger partial charge in [-0.15, -0.1) is 0 Å². The van der Waals surface area contributed by atoms with Crippen molar-refractivity contribution in [1.29, 1.82) is 0 Å². The van der Waals surface area contributed by atoms with E-state index in [9.17, 15) is 0 Å². The van der Waals surface area contributed by atoms with Gasteiger partial charge in [0.1, 0.15) is 11.6 Å². The average Bonchev–Trinajstić information content (AvgIpc) is 3.18. The number of halogens is 1. The standard InChI is InChI=1S/C29H33ClN2O/c1-21(2)20-23-10-12-24(13-11-23)22(3)29-31-27-8-4-5-9-28(27)32(29)18-6-7-19-33-26-16-14-25(30)15-17-26/h4-5,8-17,21-22H,6-7,18-20H2,1-3H3. The van der Waals surface area contributed by atoms with E-state index >= 15 is 0 Å². The van der Waals surface area contributed by atoms with Gasteiger partial charge in [-0.2, -0.15) is 0 Å². The number of rotatable bonds is 10. The molecule has 0 fully saturated rings. The van der Waals surface area contributed by atoms with Crippen molar-refractivity contribution in [2.75, 3.05) is 6.61 Å². The highest BCUT2D eigenvalue weighted by molar-refractivity contribution is 6.30. The Kier molecular flexibility index (Phi) is 7.72.